The first-order chi connectivity index (χ1) is 12.9. The van der Waals surface area contributed by atoms with Gasteiger partial charge in [0.05, 0.1) is 0 Å². The van der Waals surface area contributed by atoms with E-state index in [9.17, 15) is 0 Å². The van der Waals surface area contributed by atoms with Crippen LogP contribution in [0.1, 0.15) is 33.7 Å². The van der Waals surface area contributed by atoms with Gasteiger partial charge in [-0.25, -0.2) is 0 Å². The Kier molecular flexibility index (Phi) is 4.93. The summed E-state index contributed by atoms with van der Waals surface area (Å²) in [5.74, 6) is 0.248. The van der Waals surface area contributed by atoms with Crippen LogP contribution in [0, 0.1) is 0 Å². The molecule has 0 bridgehead atoms. The first-order valence-corrected chi connectivity index (χ1v) is 9.13. The molecule has 0 aliphatic carbocycles. The maximum atomic E-state index is 2.28. The first-order valence-electron chi connectivity index (χ1n) is 9.13. The molecule has 0 heteroatoms. The smallest absolute Gasteiger partial charge is 0.0342 e. The normalized spacial score (nSPS) is 10.8. The van der Waals surface area contributed by atoms with Crippen molar-refractivity contribution in [3.63, 3.8) is 0 Å². The summed E-state index contributed by atoms with van der Waals surface area (Å²) in [4.78, 5) is 0. The van der Waals surface area contributed by atoms with Gasteiger partial charge in [0.15, 0.2) is 0 Å². The van der Waals surface area contributed by atoms with Crippen molar-refractivity contribution in [2.24, 2.45) is 0 Å². The van der Waals surface area contributed by atoms with E-state index in [1.54, 1.807) is 0 Å². The summed E-state index contributed by atoms with van der Waals surface area (Å²) in [6.45, 7) is 0. The molecular formula is C26H22. The Morgan fingerprint density at radius 1 is 0.462 bits per heavy atom. The minimum Gasteiger partial charge on any atom is -0.0622 e. The van der Waals surface area contributed by atoms with Crippen LogP contribution in [0.5, 0.6) is 0 Å². The van der Waals surface area contributed by atoms with Crippen molar-refractivity contribution in [1.29, 1.82) is 0 Å². The minimum atomic E-state index is 0.248. The number of hydrogen-bond donors (Lipinski definition) is 0. The second-order valence-electron chi connectivity index (χ2n) is 6.62. The average molecular weight is 334 g/mol. The summed E-state index contributed by atoms with van der Waals surface area (Å²) in [7, 11) is 0. The Morgan fingerprint density at radius 3 is 1.50 bits per heavy atom. The van der Waals surface area contributed by atoms with Crippen molar-refractivity contribution >= 4 is 0 Å². The van der Waals surface area contributed by atoms with Crippen LogP contribution < -0.4 is 0 Å². The van der Waals surface area contributed by atoms with E-state index < -0.39 is 0 Å². The highest BCUT2D eigenvalue weighted by molar-refractivity contribution is 5.47. The van der Waals surface area contributed by atoms with Crippen LogP contribution in [0.4, 0.5) is 0 Å². The van der Waals surface area contributed by atoms with E-state index in [4.69, 9.17) is 0 Å². The minimum absolute atomic E-state index is 0.248. The molecule has 0 aliphatic rings. The zero-order valence-corrected chi connectivity index (χ0v) is 14.8. The molecule has 0 heterocycles. The van der Waals surface area contributed by atoms with Crippen LogP contribution in [-0.4, -0.2) is 0 Å². The number of rotatable bonds is 5. The Balaban J connectivity index is 1.82. The SMILES string of the molecule is c1ccc(Cc2ccccc2C(c2ccccc2)c2ccccc2)cc1. The van der Waals surface area contributed by atoms with Gasteiger partial charge in [-0.1, -0.05) is 115 Å². The fourth-order valence-corrected chi connectivity index (χ4v) is 3.64. The molecule has 26 heavy (non-hydrogen) atoms. The zero-order chi connectivity index (χ0) is 17.6. The average Bonchev–Trinajstić information content (AvgIpc) is 2.72. The third-order valence-electron chi connectivity index (χ3n) is 4.87. The van der Waals surface area contributed by atoms with Crippen molar-refractivity contribution in [2.45, 2.75) is 12.3 Å². The van der Waals surface area contributed by atoms with Gasteiger partial charge >= 0.3 is 0 Å². The summed E-state index contributed by atoms with van der Waals surface area (Å²) in [6.07, 6.45) is 0.952. The van der Waals surface area contributed by atoms with Crippen molar-refractivity contribution in [3.05, 3.63) is 143 Å². The third kappa shape index (κ3) is 3.60. The monoisotopic (exact) mass is 334 g/mol. The van der Waals surface area contributed by atoms with Crippen LogP contribution in [0.25, 0.3) is 0 Å². The van der Waals surface area contributed by atoms with Gasteiger partial charge in [0.25, 0.3) is 0 Å². The summed E-state index contributed by atoms with van der Waals surface area (Å²) in [5, 5.41) is 0. The van der Waals surface area contributed by atoms with Crippen molar-refractivity contribution in [2.75, 3.05) is 0 Å². The van der Waals surface area contributed by atoms with Crippen molar-refractivity contribution in [1.82, 2.24) is 0 Å². The van der Waals surface area contributed by atoms with Crippen LogP contribution in [0.15, 0.2) is 115 Å². The molecule has 0 aromatic heterocycles. The van der Waals surface area contributed by atoms with E-state index in [0.29, 0.717) is 0 Å². The Labute approximate surface area is 155 Å². The fraction of sp³-hybridized carbons (Fsp3) is 0.0769. The third-order valence-corrected chi connectivity index (χ3v) is 4.87. The van der Waals surface area contributed by atoms with Crippen LogP contribution in [0.3, 0.4) is 0 Å². The van der Waals surface area contributed by atoms with Gasteiger partial charge in [-0.3, -0.25) is 0 Å². The van der Waals surface area contributed by atoms with Gasteiger partial charge in [0.1, 0.15) is 0 Å². The molecule has 0 unspecified atom stereocenters. The highest BCUT2D eigenvalue weighted by Gasteiger charge is 2.19. The van der Waals surface area contributed by atoms with Crippen molar-refractivity contribution in [3.8, 4) is 0 Å². The van der Waals surface area contributed by atoms with Gasteiger partial charge in [-0.2, -0.15) is 0 Å². The molecule has 126 valence electrons. The van der Waals surface area contributed by atoms with E-state index in [0.717, 1.165) is 6.42 Å². The molecule has 0 saturated heterocycles. The van der Waals surface area contributed by atoms with Gasteiger partial charge in [0, 0.05) is 5.92 Å². The molecular weight excluding hydrogens is 312 g/mol. The summed E-state index contributed by atoms with van der Waals surface area (Å²) >= 11 is 0. The van der Waals surface area contributed by atoms with Gasteiger partial charge in [-0.05, 0) is 34.2 Å². The van der Waals surface area contributed by atoms with Gasteiger partial charge in [0.2, 0.25) is 0 Å². The molecule has 0 nitrogen and oxygen atoms in total. The highest BCUT2D eigenvalue weighted by Crippen LogP contribution is 2.34. The quantitative estimate of drug-likeness (QED) is 0.367. The maximum absolute atomic E-state index is 2.28. The zero-order valence-electron chi connectivity index (χ0n) is 14.8. The molecule has 0 atom stereocenters. The van der Waals surface area contributed by atoms with E-state index in [1.807, 2.05) is 0 Å². The molecule has 4 aromatic carbocycles. The predicted molar refractivity (Wildman–Crippen MR) is 110 cm³/mol. The van der Waals surface area contributed by atoms with E-state index in [1.165, 1.54) is 27.8 Å². The van der Waals surface area contributed by atoms with Crippen LogP contribution in [0.2, 0.25) is 0 Å². The Bertz CT molecular complexity index is 901. The van der Waals surface area contributed by atoms with Gasteiger partial charge < -0.3 is 0 Å². The molecule has 0 radical (unpaired) electrons. The molecule has 0 N–H and O–H groups in total. The Hall–Kier alpha value is -3.12. The summed E-state index contributed by atoms with van der Waals surface area (Å²) in [5.41, 5.74) is 6.78. The standard InChI is InChI=1S/C26H22/c1-4-12-21(13-5-1)20-24-18-10-11-19-25(24)26(22-14-6-2-7-15-22)23-16-8-3-9-17-23/h1-19,26H,20H2. The van der Waals surface area contributed by atoms with Gasteiger partial charge in [-0.15, -0.1) is 0 Å². The first kappa shape index (κ1) is 16.4. The largest absolute Gasteiger partial charge is 0.0622 e. The topological polar surface area (TPSA) is 0 Å². The van der Waals surface area contributed by atoms with Crippen LogP contribution in [-0.2, 0) is 6.42 Å². The lowest BCUT2D eigenvalue weighted by molar-refractivity contribution is 0.947. The van der Waals surface area contributed by atoms with E-state index in [2.05, 4.69) is 115 Å². The lowest BCUT2D eigenvalue weighted by Gasteiger charge is -2.22. The number of hydrogen-bond acceptors (Lipinski definition) is 0. The lowest BCUT2D eigenvalue weighted by Crippen LogP contribution is -2.07. The fourth-order valence-electron chi connectivity index (χ4n) is 3.64. The molecule has 0 spiro atoms. The molecule has 0 aliphatic heterocycles. The maximum Gasteiger partial charge on any atom is 0.0342 e. The second-order valence-corrected chi connectivity index (χ2v) is 6.62. The molecule has 0 saturated carbocycles. The molecule has 0 fully saturated rings. The van der Waals surface area contributed by atoms with E-state index in [-0.39, 0.29) is 5.92 Å². The Morgan fingerprint density at radius 2 is 0.923 bits per heavy atom. The van der Waals surface area contributed by atoms with Crippen molar-refractivity contribution < 1.29 is 0 Å². The number of benzene rings is 4. The van der Waals surface area contributed by atoms with Crippen LogP contribution >= 0.6 is 0 Å². The second kappa shape index (κ2) is 7.84. The van der Waals surface area contributed by atoms with E-state index >= 15 is 0 Å². The summed E-state index contributed by atoms with van der Waals surface area (Å²) < 4.78 is 0. The summed E-state index contributed by atoms with van der Waals surface area (Å²) in [6, 6.07) is 41.2. The molecule has 4 rings (SSSR count). The molecule has 4 aromatic rings. The predicted octanol–water partition coefficient (Wildman–Crippen LogP) is 6.46. The molecule has 0 amide bonds. The lowest BCUT2D eigenvalue weighted by atomic mass is 9.82. The highest BCUT2D eigenvalue weighted by atomic mass is 14.2.